The molecule has 0 amide bonds. The minimum Gasteiger partial charge on any atom is -0.383 e. The van der Waals surface area contributed by atoms with Gasteiger partial charge in [-0.05, 0) is 48.5 Å². The van der Waals surface area contributed by atoms with Crippen LogP contribution in [0, 0.1) is 23.7 Å². The molecule has 1 aromatic heterocycles. The molecule has 3 heteroatoms. The molecule has 3 aliphatic rings. The number of aryl methyl sites for hydroxylation is 1. The Morgan fingerprint density at radius 1 is 1.10 bits per heavy atom. The Kier molecular flexibility index (Phi) is 2.20. The number of nitrogens with two attached hydrogens (primary N) is 1. The first-order chi connectivity index (χ1) is 10.3. The van der Waals surface area contributed by atoms with E-state index in [2.05, 4.69) is 30.3 Å². The number of fused-ring (bicyclic) bond motifs is 5. The maximum atomic E-state index is 6.34. The van der Waals surface area contributed by atoms with Crippen molar-refractivity contribution < 1.29 is 0 Å². The second kappa shape index (κ2) is 3.90. The van der Waals surface area contributed by atoms with Crippen molar-refractivity contribution >= 4 is 5.82 Å². The summed E-state index contributed by atoms with van der Waals surface area (Å²) in [5.41, 5.74) is 10.0. The highest BCUT2D eigenvalue weighted by molar-refractivity contribution is 5.77. The number of benzene rings is 1. The normalized spacial score (nSPS) is 36.0. The van der Waals surface area contributed by atoms with Crippen molar-refractivity contribution in [1.82, 2.24) is 9.78 Å². The molecular weight excluding hydrogens is 258 g/mol. The third-order valence-corrected chi connectivity index (χ3v) is 6.23. The van der Waals surface area contributed by atoms with Gasteiger partial charge in [0.2, 0.25) is 0 Å². The Bertz CT molecular complexity index is 687. The largest absolute Gasteiger partial charge is 0.383 e. The highest BCUT2D eigenvalue weighted by Crippen LogP contribution is 2.73. The Balaban J connectivity index is 1.61. The molecule has 1 heterocycles. The SMILES string of the molecule is Cn1nc(C2C3C4CCC(C4)C23)c(-c2ccccc2)c1N. The first-order valence-corrected chi connectivity index (χ1v) is 8.13. The number of nitrogen functional groups attached to an aromatic ring is 1. The van der Waals surface area contributed by atoms with Crippen LogP contribution in [0.1, 0.15) is 30.9 Å². The van der Waals surface area contributed by atoms with E-state index in [0.29, 0.717) is 5.92 Å². The number of hydrogen-bond donors (Lipinski definition) is 1. The molecule has 2 aromatic rings. The molecule has 1 aromatic carbocycles. The zero-order chi connectivity index (χ0) is 14.1. The molecule has 108 valence electrons. The topological polar surface area (TPSA) is 43.8 Å². The fraction of sp³-hybridized carbons (Fsp3) is 0.500. The summed E-state index contributed by atoms with van der Waals surface area (Å²) in [6, 6.07) is 10.5. The Hall–Kier alpha value is -1.77. The lowest BCUT2D eigenvalue weighted by atomic mass is 9.96. The molecule has 4 unspecified atom stereocenters. The van der Waals surface area contributed by atoms with E-state index < -0.39 is 0 Å². The van der Waals surface area contributed by atoms with Crippen molar-refractivity contribution in [1.29, 1.82) is 0 Å². The quantitative estimate of drug-likeness (QED) is 0.915. The third kappa shape index (κ3) is 1.47. The average molecular weight is 279 g/mol. The molecule has 2 bridgehead atoms. The van der Waals surface area contributed by atoms with Gasteiger partial charge in [-0.15, -0.1) is 0 Å². The Morgan fingerprint density at radius 2 is 1.76 bits per heavy atom. The zero-order valence-electron chi connectivity index (χ0n) is 12.4. The molecule has 2 N–H and O–H groups in total. The standard InChI is InChI=1S/C18H21N3/c1-21-18(19)15(10-5-3-2-4-6-10)17(20-21)16-13-11-7-8-12(9-11)14(13)16/h2-6,11-14,16H,7-9,19H2,1H3. The zero-order valence-corrected chi connectivity index (χ0v) is 12.4. The lowest BCUT2D eigenvalue weighted by Crippen LogP contribution is -2.00. The number of hydrogen-bond acceptors (Lipinski definition) is 2. The highest BCUT2D eigenvalue weighted by atomic mass is 15.3. The van der Waals surface area contributed by atoms with Crippen LogP contribution < -0.4 is 5.73 Å². The van der Waals surface area contributed by atoms with E-state index in [0.717, 1.165) is 29.5 Å². The predicted molar refractivity (Wildman–Crippen MR) is 83.6 cm³/mol. The van der Waals surface area contributed by atoms with Crippen molar-refractivity contribution in [3.05, 3.63) is 36.0 Å². The van der Waals surface area contributed by atoms with Crippen LogP contribution >= 0.6 is 0 Å². The summed E-state index contributed by atoms with van der Waals surface area (Å²) in [7, 11) is 1.97. The summed E-state index contributed by atoms with van der Waals surface area (Å²) >= 11 is 0. The summed E-state index contributed by atoms with van der Waals surface area (Å²) < 4.78 is 1.87. The van der Waals surface area contributed by atoms with E-state index >= 15 is 0 Å². The van der Waals surface area contributed by atoms with Gasteiger partial charge in [-0.2, -0.15) is 5.10 Å². The van der Waals surface area contributed by atoms with E-state index in [1.165, 1.54) is 36.1 Å². The second-order valence-electron chi connectivity index (χ2n) is 7.15. The van der Waals surface area contributed by atoms with Gasteiger partial charge in [0.05, 0.1) is 5.69 Å². The predicted octanol–water partition coefficient (Wildman–Crippen LogP) is 3.43. The Labute approximate surface area is 125 Å². The molecule has 4 atom stereocenters. The van der Waals surface area contributed by atoms with Crippen molar-refractivity contribution in [2.45, 2.75) is 25.2 Å². The van der Waals surface area contributed by atoms with Crippen LogP contribution in [-0.4, -0.2) is 9.78 Å². The van der Waals surface area contributed by atoms with Gasteiger partial charge in [0.1, 0.15) is 5.82 Å². The van der Waals surface area contributed by atoms with E-state index in [9.17, 15) is 0 Å². The molecule has 0 saturated heterocycles. The van der Waals surface area contributed by atoms with Crippen molar-refractivity contribution in [3.63, 3.8) is 0 Å². The van der Waals surface area contributed by atoms with Crippen LogP contribution in [-0.2, 0) is 7.05 Å². The first-order valence-electron chi connectivity index (χ1n) is 8.13. The van der Waals surface area contributed by atoms with E-state index in [-0.39, 0.29) is 0 Å². The molecule has 0 spiro atoms. The number of anilines is 1. The van der Waals surface area contributed by atoms with Gasteiger partial charge < -0.3 is 5.73 Å². The van der Waals surface area contributed by atoms with Crippen LogP contribution in [0.4, 0.5) is 5.82 Å². The van der Waals surface area contributed by atoms with Crippen molar-refractivity contribution in [2.75, 3.05) is 5.73 Å². The van der Waals surface area contributed by atoms with Gasteiger partial charge in [-0.25, -0.2) is 0 Å². The third-order valence-electron chi connectivity index (χ3n) is 6.23. The summed E-state index contributed by atoms with van der Waals surface area (Å²) in [6.45, 7) is 0. The van der Waals surface area contributed by atoms with Gasteiger partial charge in [-0.3, -0.25) is 4.68 Å². The average Bonchev–Trinajstić information content (AvgIpc) is 2.79. The molecule has 21 heavy (non-hydrogen) atoms. The smallest absolute Gasteiger partial charge is 0.129 e. The number of nitrogens with zero attached hydrogens (tertiary/aromatic N) is 2. The molecule has 3 saturated carbocycles. The van der Waals surface area contributed by atoms with Gasteiger partial charge >= 0.3 is 0 Å². The summed E-state index contributed by atoms with van der Waals surface area (Å²) in [4.78, 5) is 0. The van der Waals surface area contributed by atoms with E-state index in [1.54, 1.807) is 0 Å². The van der Waals surface area contributed by atoms with Gasteiger partial charge in [0.25, 0.3) is 0 Å². The van der Waals surface area contributed by atoms with Crippen molar-refractivity contribution in [3.8, 4) is 11.1 Å². The van der Waals surface area contributed by atoms with E-state index in [1.807, 2.05) is 11.7 Å². The van der Waals surface area contributed by atoms with E-state index in [4.69, 9.17) is 10.8 Å². The van der Waals surface area contributed by atoms with Gasteiger partial charge in [0, 0.05) is 18.5 Å². The number of aromatic nitrogens is 2. The minimum absolute atomic E-state index is 0.676. The maximum Gasteiger partial charge on any atom is 0.129 e. The van der Waals surface area contributed by atoms with Crippen LogP contribution in [0.25, 0.3) is 11.1 Å². The molecule has 3 nitrogen and oxygen atoms in total. The molecular formula is C18H21N3. The molecule has 0 aliphatic heterocycles. The molecule has 3 aliphatic carbocycles. The monoisotopic (exact) mass is 279 g/mol. The van der Waals surface area contributed by atoms with Crippen LogP contribution in [0.15, 0.2) is 30.3 Å². The number of rotatable bonds is 2. The Morgan fingerprint density at radius 3 is 2.43 bits per heavy atom. The van der Waals surface area contributed by atoms with Gasteiger partial charge in [0.15, 0.2) is 0 Å². The van der Waals surface area contributed by atoms with Crippen molar-refractivity contribution in [2.24, 2.45) is 30.7 Å². The van der Waals surface area contributed by atoms with Crippen LogP contribution in [0.2, 0.25) is 0 Å². The summed E-state index contributed by atoms with van der Waals surface area (Å²) in [6.07, 6.45) is 4.38. The molecule has 3 fully saturated rings. The lowest BCUT2D eigenvalue weighted by Gasteiger charge is -2.09. The highest BCUT2D eigenvalue weighted by Gasteiger charge is 2.66. The fourth-order valence-corrected chi connectivity index (χ4v) is 5.38. The molecule has 5 rings (SSSR count). The minimum atomic E-state index is 0.676. The maximum absolute atomic E-state index is 6.34. The first kappa shape index (κ1) is 11.8. The van der Waals surface area contributed by atoms with Crippen LogP contribution in [0.5, 0.6) is 0 Å². The fourth-order valence-electron chi connectivity index (χ4n) is 5.38. The second-order valence-corrected chi connectivity index (χ2v) is 7.15. The lowest BCUT2D eigenvalue weighted by molar-refractivity contribution is 0.456. The van der Waals surface area contributed by atoms with Crippen LogP contribution in [0.3, 0.4) is 0 Å². The summed E-state index contributed by atoms with van der Waals surface area (Å²) in [5, 5.41) is 4.82. The molecule has 0 radical (unpaired) electrons. The van der Waals surface area contributed by atoms with Gasteiger partial charge in [-0.1, -0.05) is 30.3 Å². The summed E-state index contributed by atoms with van der Waals surface area (Å²) in [5.74, 6) is 5.23.